The van der Waals surface area contributed by atoms with E-state index in [2.05, 4.69) is 13.8 Å². The Morgan fingerprint density at radius 2 is 2.31 bits per heavy atom. The van der Waals surface area contributed by atoms with Crippen LogP contribution in [-0.2, 0) is 4.79 Å². The van der Waals surface area contributed by atoms with Gasteiger partial charge in [0, 0.05) is 5.92 Å². The van der Waals surface area contributed by atoms with Crippen LogP contribution in [0.2, 0.25) is 0 Å². The van der Waals surface area contributed by atoms with Gasteiger partial charge >= 0.3 is 0 Å². The van der Waals surface area contributed by atoms with Crippen molar-refractivity contribution in [1.29, 1.82) is 0 Å². The number of hydrogen-bond acceptors (Lipinski definition) is 3. The lowest BCUT2D eigenvalue weighted by molar-refractivity contribution is -0.526. The van der Waals surface area contributed by atoms with Crippen LogP contribution in [-0.4, -0.2) is 34.4 Å². The average Bonchev–Trinajstić information content (AvgIpc) is 2.72. The molecule has 4 heteroatoms. The fourth-order valence-corrected chi connectivity index (χ4v) is 3.01. The number of hydrogen-bond donors (Lipinski definition) is 0. The normalized spacial score (nSPS) is 17.9. The van der Waals surface area contributed by atoms with Crippen LogP contribution in [0, 0.1) is 5.92 Å². The van der Waals surface area contributed by atoms with Gasteiger partial charge in [0.15, 0.2) is 6.54 Å². The van der Waals surface area contributed by atoms with Crippen LogP contribution in [0.4, 0.5) is 0 Å². The van der Waals surface area contributed by atoms with Crippen molar-refractivity contribution in [3.05, 3.63) is 0 Å². The Morgan fingerprint density at radius 1 is 1.56 bits per heavy atom. The van der Waals surface area contributed by atoms with Gasteiger partial charge in [-0.1, -0.05) is 26.7 Å². The van der Waals surface area contributed by atoms with Gasteiger partial charge in [0.1, 0.15) is 12.5 Å². The monoisotopic (exact) mass is 243 g/mol. The Kier molecular flexibility index (Phi) is 5.88. The number of carboxylic acid groups (broad SMARTS) is 1. The Morgan fingerprint density at radius 3 is 2.88 bits per heavy atom. The molecule has 0 spiro atoms. The molecule has 0 amide bonds. The number of aliphatic carboxylic acids is 1. The first-order valence-electron chi connectivity index (χ1n) is 6.15. The third-order valence-electron chi connectivity index (χ3n) is 3.08. The first kappa shape index (κ1) is 13.6. The second-order valence-corrected chi connectivity index (χ2v) is 5.39. The van der Waals surface area contributed by atoms with Gasteiger partial charge in [-0.2, -0.15) is 0 Å². The van der Waals surface area contributed by atoms with Crippen LogP contribution in [0.3, 0.4) is 0 Å². The van der Waals surface area contributed by atoms with Gasteiger partial charge in [-0.05, 0) is 24.6 Å². The van der Waals surface area contributed by atoms with Crippen molar-refractivity contribution < 1.29 is 14.5 Å². The van der Waals surface area contributed by atoms with Crippen LogP contribution >= 0.6 is 11.8 Å². The summed E-state index contributed by atoms with van der Waals surface area (Å²) in [4.78, 5) is 10.9. The van der Waals surface area contributed by atoms with Gasteiger partial charge in [0.2, 0.25) is 0 Å². The minimum atomic E-state index is -1.01. The van der Waals surface area contributed by atoms with E-state index in [9.17, 15) is 9.90 Å². The lowest BCUT2D eigenvalue weighted by Crippen LogP contribution is -2.35. The average molecular weight is 243 g/mol. The van der Waals surface area contributed by atoms with Crippen molar-refractivity contribution in [3.8, 4) is 0 Å². The Bertz CT molecular complexity index is 276. The van der Waals surface area contributed by atoms with E-state index < -0.39 is 5.97 Å². The highest BCUT2D eigenvalue weighted by Crippen LogP contribution is 2.17. The van der Waals surface area contributed by atoms with Gasteiger partial charge in [0.25, 0.3) is 5.04 Å². The summed E-state index contributed by atoms with van der Waals surface area (Å²) >= 11 is 1.42. The predicted molar refractivity (Wildman–Crippen MR) is 65.8 cm³/mol. The maximum absolute atomic E-state index is 10.9. The second kappa shape index (κ2) is 6.94. The molecule has 0 aromatic rings. The fourth-order valence-electron chi connectivity index (χ4n) is 2.04. The van der Waals surface area contributed by atoms with Gasteiger partial charge in [-0.15, -0.1) is 0 Å². The van der Waals surface area contributed by atoms with Crippen molar-refractivity contribution >= 4 is 22.8 Å². The highest BCUT2D eigenvalue weighted by molar-refractivity contribution is 8.15. The molecule has 0 saturated carbocycles. The standard InChI is InChI=1S/C12H21NO2S/c1-3-5-6-10(4-2)9-13-7-8-16-11(13)12(14)15/h10H,3-9H2,1-2H3. The fraction of sp³-hybridized carbons (Fsp3) is 0.833. The van der Waals surface area contributed by atoms with Crippen LogP contribution in [0.15, 0.2) is 0 Å². The van der Waals surface area contributed by atoms with Gasteiger partial charge in [0.05, 0.1) is 5.75 Å². The summed E-state index contributed by atoms with van der Waals surface area (Å²) in [5.74, 6) is 0.494. The first-order valence-corrected chi connectivity index (χ1v) is 7.13. The number of rotatable bonds is 7. The SMILES string of the molecule is CCCCC(CC)C[N+]1=C(C(=O)[O-])SCC1. The van der Waals surface area contributed by atoms with Gasteiger partial charge in [-0.3, -0.25) is 0 Å². The van der Waals surface area contributed by atoms with Gasteiger partial charge in [-0.25, -0.2) is 4.58 Å². The molecule has 1 heterocycles. The second-order valence-electron chi connectivity index (χ2n) is 4.30. The molecule has 1 aliphatic heterocycles. The summed E-state index contributed by atoms with van der Waals surface area (Å²) in [6.45, 7) is 6.11. The molecule has 92 valence electrons. The zero-order valence-corrected chi connectivity index (χ0v) is 11.0. The summed E-state index contributed by atoms with van der Waals surface area (Å²) in [6, 6.07) is 0. The molecule has 0 bridgehead atoms. The van der Waals surface area contributed by atoms with Crippen LogP contribution in [0.25, 0.3) is 0 Å². The van der Waals surface area contributed by atoms with E-state index in [4.69, 9.17) is 0 Å². The number of unbranched alkanes of at least 4 members (excludes halogenated alkanes) is 1. The Hall–Kier alpha value is -0.510. The van der Waals surface area contributed by atoms with E-state index in [0.717, 1.165) is 25.3 Å². The summed E-state index contributed by atoms with van der Waals surface area (Å²) in [6.07, 6.45) is 4.78. The molecule has 3 nitrogen and oxygen atoms in total. The molecule has 0 aromatic carbocycles. The van der Waals surface area contributed by atoms with E-state index in [-0.39, 0.29) is 0 Å². The summed E-state index contributed by atoms with van der Waals surface area (Å²) in [5.41, 5.74) is 0. The highest BCUT2D eigenvalue weighted by Gasteiger charge is 2.26. The molecule has 1 atom stereocenters. The van der Waals surface area contributed by atoms with Crippen molar-refractivity contribution in [2.75, 3.05) is 18.8 Å². The van der Waals surface area contributed by atoms with Crippen molar-refractivity contribution in [2.24, 2.45) is 5.92 Å². The minimum absolute atomic E-state index is 0.440. The minimum Gasteiger partial charge on any atom is -0.539 e. The predicted octanol–water partition coefficient (Wildman–Crippen LogP) is 1.11. The van der Waals surface area contributed by atoms with Crippen molar-refractivity contribution in [3.63, 3.8) is 0 Å². The molecular weight excluding hydrogens is 222 g/mol. The van der Waals surface area contributed by atoms with E-state index in [1.54, 1.807) is 0 Å². The van der Waals surface area contributed by atoms with Crippen LogP contribution < -0.4 is 5.11 Å². The molecule has 0 aromatic heterocycles. The number of thioether (sulfide) groups is 1. The lowest BCUT2D eigenvalue weighted by Gasteiger charge is -2.12. The van der Waals surface area contributed by atoms with Crippen molar-refractivity contribution in [1.82, 2.24) is 0 Å². The van der Waals surface area contributed by atoms with E-state index in [0.29, 0.717) is 11.0 Å². The molecule has 0 aliphatic carbocycles. The summed E-state index contributed by atoms with van der Waals surface area (Å²) < 4.78 is 1.99. The maximum Gasteiger partial charge on any atom is 0.258 e. The summed E-state index contributed by atoms with van der Waals surface area (Å²) in [5, 5.41) is 11.3. The maximum atomic E-state index is 10.9. The Balaban J connectivity index is 2.56. The molecule has 1 rings (SSSR count). The van der Waals surface area contributed by atoms with Crippen molar-refractivity contribution in [2.45, 2.75) is 39.5 Å². The number of carbonyl (C=O) groups is 1. The number of carboxylic acids is 1. The molecule has 0 fully saturated rings. The zero-order chi connectivity index (χ0) is 12.0. The molecule has 1 aliphatic rings. The topological polar surface area (TPSA) is 43.1 Å². The molecule has 1 unspecified atom stereocenters. The first-order chi connectivity index (χ1) is 7.69. The van der Waals surface area contributed by atoms with E-state index in [1.807, 2.05) is 4.58 Å². The van der Waals surface area contributed by atoms with Crippen LogP contribution in [0.1, 0.15) is 39.5 Å². The van der Waals surface area contributed by atoms with E-state index in [1.165, 1.54) is 31.0 Å². The molecule has 16 heavy (non-hydrogen) atoms. The highest BCUT2D eigenvalue weighted by atomic mass is 32.2. The lowest BCUT2D eigenvalue weighted by atomic mass is 9.99. The molecule has 0 radical (unpaired) electrons. The molecule has 0 N–H and O–H groups in total. The largest absolute Gasteiger partial charge is 0.539 e. The van der Waals surface area contributed by atoms with E-state index >= 15 is 0 Å². The number of carbonyl (C=O) groups excluding carboxylic acids is 1. The van der Waals surface area contributed by atoms with Crippen LogP contribution in [0.5, 0.6) is 0 Å². The third kappa shape index (κ3) is 3.81. The number of nitrogens with zero attached hydrogens (tertiary/aromatic N) is 1. The molecular formula is C12H21NO2S. The summed E-state index contributed by atoms with van der Waals surface area (Å²) in [7, 11) is 0. The molecule has 0 saturated heterocycles. The quantitative estimate of drug-likeness (QED) is 0.629. The van der Waals surface area contributed by atoms with Gasteiger partial charge < -0.3 is 9.90 Å². The third-order valence-corrected chi connectivity index (χ3v) is 4.17. The smallest absolute Gasteiger partial charge is 0.258 e. The zero-order valence-electron chi connectivity index (χ0n) is 10.2. The Labute approximate surface area is 102 Å².